The van der Waals surface area contributed by atoms with Crippen molar-refractivity contribution in [2.45, 2.75) is 11.8 Å². The van der Waals surface area contributed by atoms with Crippen molar-refractivity contribution in [3.05, 3.63) is 70.1 Å². The number of benzene rings is 2. The van der Waals surface area contributed by atoms with Crippen molar-refractivity contribution in [1.29, 1.82) is 0 Å². The molecular formula is C17H11ClO6S. The number of hydrogen-bond donors (Lipinski definition) is 0. The van der Waals surface area contributed by atoms with Gasteiger partial charge >= 0.3 is 11.6 Å². The number of ether oxygens (including phenoxy) is 1. The lowest BCUT2D eigenvalue weighted by Crippen LogP contribution is -2.12. The van der Waals surface area contributed by atoms with Crippen LogP contribution in [0.3, 0.4) is 0 Å². The van der Waals surface area contributed by atoms with Gasteiger partial charge < -0.3 is 9.15 Å². The Kier molecular flexibility index (Phi) is 4.36. The van der Waals surface area contributed by atoms with E-state index >= 15 is 0 Å². The van der Waals surface area contributed by atoms with E-state index in [9.17, 15) is 18.0 Å². The van der Waals surface area contributed by atoms with Crippen LogP contribution in [0.1, 0.15) is 15.9 Å². The fraction of sp³-hybridized carbons (Fsp3) is 0.0588. The van der Waals surface area contributed by atoms with Crippen LogP contribution in [0, 0.1) is 6.92 Å². The van der Waals surface area contributed by atoms with Crippen molar-refractivity contribution in [3.8, 4) is 5.75 Å². The van der Waals surface area contributed by atoms with Crippen molar-refractivity contribution < 1.29 is 22.4 Å². The van der Waals surface area contributed by atoms with Crippen LogP contribution in [0.25, 0.3) is 11.0 Å². The van der Waals surface area contributed by atoms with Crippen molar-refractivity contribution in [2.24, 2.45) is 0 Å². The Labute approximate surface area is 147 Å². The van der Waals surface area contributed by atoms with Gasteiger partial charge in [-0.15, -0.1) is 0 Å². The molecule has 1 heterocycles. The summed E-state index contributed by atoms with van der Waals surface area (Å²) in [6.45, 7) is 1.76. The van der Waals surface area contributed by atoms with Gasteiger partial charge in [0.25, 0.3) is 9.05 Å². The normalized spacial score (nSPS) is 11.4. The standard InChI is InChI=1S/C17H11ClO6S/c1-10-8-16(19)24-14-9-11(6-7-12(10)14)23-17(20)13-4-2-3-5-15(13)25(18,21)22/h2-9H,1H3. The highest BCUT2D eigenvalue weighted by Crippen LogP contribution is 2.25. The van der Waals surface area contributed by atoms with Gasteiger partial charge in [0.05, 0.1) is 10.5 Å². The van der Waals surface area contributed by atoms with E-state index in [1.807, 2.05) is 0 Å². The van der Waals surface area contributed by atoms with Crippen LogP contribution in [0.15, 0.2) is 62.6 Å². The molecule has 6 nitrogen and oxygen atoms in total. The molecular weight excluding hydrogens is 368 g/mol. The lowest BCUT2D eigenvalue weighted by molar-refractivity contribution is 0.0731. The molecule has 0 amide bonds. The highest BCUT2D eigenvalue weighted by atomic mass is 35.7. The molecule has 0 saturated heterocycles. The maximum atomic E-state index is 12.3. The van der Waals surface area contributed by atoms with Gasteiger partial charge in [0.15, 0.2) is 0 Å². The van der Waals surface area contributed by atoms with Crippen molar-refractivity contribution >= 4 is 36.7 Å². The van der Waals surface area contributed by atoms with Crippen molar-refractivity contribution in [3.63, 3.8) is 0 Å². The number of carbonyl (C=O) groups is 1. The topological polar surface area (TPSA) is 90.7 Å². The smallest absolute Gasteiger partial charge is 0.344 e. The zero-order valence-corrected chi connectivity index (χ0v) is 14.4. The Morgan fingerprint density at radius 1 is 1.12 bits per heavy atom. The van der Waals surface area contributed by atoms with E-state index in [1.54, 1.807) is 13.0 Å². The predicted octanol–water partition coefficient (Wildman–Crippen LogP) is 3.25. The van der Waals surface area contributed by atoms with Crippen LogP contribution < -0.4 is 10.4 Å². The van der Waals surface area contributed by atoms with E-state index < -0.39 is 20.6 Å². The van der Waals surface area contributed by atoms with E-state index in [1.165, 1.54) is 42.5 Å². The Bertz CT molecular complexity index is 1150. The molecule has 0 aliphatic rings. The summed E-state index contributed by atoms with van der Waals surface area (Å²) in [5, 5.41) is 0.697. The summed E-state index contributed by atoms with van der Waals surface area (Å²) in [6, 6.07) is 11.3. The van der Waals surface area contributed by atoms with E-state index in [-0.39, 0.29) is 21.8 Å². The first kappa shape index (κ1) is 17.2. The maximum absolute atomic E-state index is 12.3. The predicted molar refractivity (Wildman–Crippen MR) is 91.7 cm³/mol. The summed E-state index contributed by atoms with van der Waals surface area (Å²) < 4.78 is 33.4. The summed E-state index contributed by atoms with van der Waals surface area (Å²) in [4.78, 5) is 23.4. The van der Waals surface area contributed by atoms with E-state index in [2.05, 4.69) is 0 Å². The van der Waals surface area contributed by atoms with Crippen LogP contribution in [0.2, 0.25) is 0 Å². The van der Waals surface area contributed by atoms with Crippen molar-refractivity contribution in [1.82, 2.24) is 0 Å². The van der Waals surface area contributed by atoms with E-state index in [4.69, 9.17) is 19.8 Å². The number of halogens is 1. The Balaban J connectivity index is 2.00. The number of aryl methyl sites for hydroxylation is 1. The second kappa shape index (κ2) is 6.34. The minimum atomic E-state index is -4.11. The third-order valence-electron chi connectivity index (χ3n) is 3.50. The molecule has 0 fully saturated rings. The average Bonchev–Trinajstić information content (AvgIpc) is 2.53. The largest absolute Gasteiger partial charge is 0.423 e. The highest BCUT2D eigenvalue weighted by Gasteiger charge is 2.21. The summed E-state index contributed by atoms with van der Waals surface area (Å²) >= 11 is 0. The van der Waals surface area contributed by atoms with Crippen LogP contribution in [-0.4, -0.2) is 14.4 Å². The zero-order chi connectivity index (χ0) is 18.2. The van der Waals surface area contributed by atoms with Crippen LogP contribution in [0.4, 0.5) is 0 Å². The van der Waals surface area contributed by atoms with Gasteiger partial charge in [0, 0.05) is 28.2 Å². The molecule has 0 radical (unpaired) electrons. The molecule has 8 heteroatoms. The van der Waals surface area contributed by atoms with Gasteiger partial charge in [0.2, 0.25) is 0 Å². The summed E-state index contributed by atoms with van der Waals surface area (Å²) in [5.74, 6) is -0.790. The van der Waals surface area contributed by atoms with E-state index in [0.29, 0.717) is 5.39 Å². The Morgan fingerprint density at radius 3 is 2.56 bits per heavy atom. The molecule has 0 atom stereocenters. The van der Waals surface area contributed by atoms with Gasteiger partial charge in [-0.3, -0.25) is 0 Å². The van der Waals surface area contributed by atoms with Gasteiger partial charge in [-0.05, 0) is 36.8 Å². The molecule has 0 aliphatic heterocycles. The molecule has 0 unspecified atom stereocenters. The van der Waals surface area contributed by atoms with E-state index in [0.717, 1.165) is 5.56 Å². The lowest BCUT2D eigenvalue weighted by atomic mass is 10.1. The molecule has 25 heavy (non-hydrogen) atoms. The van der Waals surface area contributed by atoms with Crippen LogP contribution in [-0.2, 0) is 9.05 Å². The van der Waals surface area contributed by atoms with Gasteiger partial charge in [-0.25, -0.2) is 18.0 Å². The molecule has 3 aromatic rings. The first-order chi connectivity index (χ1) is 11.8. The molecule has 1 aromatic heterocycles. The number of hydrogen-bond acceptors (Lipinski definition) is 6. The minimum absolute atomic E-state index is 0.105. The molecule has 0 bridgehead atoms. The molecule has 128 valence electrons. The second-order valence-corrected chi connectivity index (χ2v) is 7.76. The molecule has 2 aromatic carbocycles. The molecule has 0 saturated carbocycles. The summed E-state index contributed by atoms with van der Waals surface area (Å²) in [5.41, 5.74) is 0.270. The van der Waals surface area contributed by atoms with Gasteiger partial charge in [-0.2, -0.15) is 0 Å². The highest BCUT2D eigenvalue weighted by molar-refractivity contribution is 8.13. The number of rotatable bonds is 3. The molecule has 0 N–H and O–H groups in total. The molecule has 0 spiro atoms. The average molecular weight is 379 g/mol. The van der Waals surface area contributed by atoms with Crippen molar-refractivity contribution in [2.75, 3.05) is 0 Å². The first-order valence-electron chi connectivity index (χ1n) is 7.06. The molecule has 0 aliphatic carbocycles. The SMILES string of the molecule is Cc1cc(=O)oc2cc(OC(=O)c3ccccc3S(=O)(=O)Cl)ccc12. The van der Waals surface area contributed by atoms with Crippen LogP contribution in [0.5, 0.6) is 5.75 Å². The summed E-state index contributed by atoms with van der Waals surface area (Å²) in [6.07, 6.45) is 0. The number of esters is 1. The fourth-order valence-electron chi connectivity index (χ4n) is 2.38. The van der Waals surface area contributed by atoms with Gasteiger partial charge in [-0.1, -0.05) is 12.1 Å². The Morgan fingerprint density at radius 2 is 1.84 bits per heavy atom. The monoisotopic (exact) mass is 378 g/mol. The fourth-order valence-corrected chi connectivity index (χ4v) is 3.44. The number of carbonyl (C=O) groups excluding carboxylic acids is 1. The Hall–Kier alpha value is -2.64. The molecule has 3 rings (SSSR count). The number of fused-ring (bicyclic) bond motifs is 1. The lowest BCUT2D eigenvalue weighted by Gasteiger charge is -2.08. The first-order valence-corrected chi connectivity index (χ1v) is 9.37. The van der Waals surface area contributed by atoms with Gasteiger partial charge in [0.1, 0.15) is 11.3 Å². The zero-order valence-electron chi connectivity index (χ0n) is 12.9. The minimum Gasteiger partial charge on any atom is -0.423 e. The maximum Gasteiger partial charge on any atom is 0.344 e. The third kappa shape index (κ3) is 3.57. The second-order valence-electron chi connectivity index (χ2n) is 5.23. The third-order valence-corrected chi connectivity index (χ3v) is 4.88. The quantitative estimate of drug-likeness (QED) is 0.301. The van der Waals surface area contributed by atoms with Crippen LogP contribution >= 0.6 is 10.7 Å². The summed E-state index contributed by atoms with van der Waals surface area (Å²) in [7, 11) is 1.23.